The smallest absolute Gasteiger partial charge is 0.415 e. The van der Waals surface area contributed by atoms with Crippen LogP contribution in [0.25, 0.3) is 11.5 Å². The fourth-order valence-electron chi connectivity index (χ4n) is 2.97. The fraction of sp³-hybridized carbons (Fsp3) is 0.400. The summed E-state index contributed by atoms with van der Waals surface area (Å²) >= 11 is 1.70. The minimum absolute atomic E-state index is 0.140. The molecule has 1 fully saturated rings. The first-order valence-electron chi connectivity index (χ1n) is 10.1. The van der Waals surface area contributed by atoms with Crippen LogP contribution in [0.2, 0.25) is 0 Å². The second kappa shape index (κ2) is 10.1. The lowest BCUT2D eigenvalue weighted by Crippen LogP contribution is -2.25. The quantitative estimate of drug-likeness (QED) is 0.295. The molecule has 1 N–H and O–H groups in total. The van der Waals surface area contributed by atoms with E-state index in [0.717, 1.165) is 12.8 Å². The highest BCUT2D eigenvalue weighted by Crippen LogP contribution is 2.36. The largest absolute Gasteiger partial charge is 0.573 e. The van der Waals surface area contributed by atoms with Gasteiger partial charge >= 0.3 is 12.8 Å². The number of likely N-dealkylation sites (N-methyl/N-ethyl adjacent to an activating group) is 1. The van der Waals surface area contributed by atoms with Crippen LogP contribution in [0.3, 0.4) is 0 Å². The van der Waals surface area contributed by atoms with Gasteiger partial charge in [-0.25, -0.2) is 9.97 Å². The third-order valence-electron chi connectivity index (χ3n) is 4.64. The average Bonchev–Trinajstić information content (AvgIpc) is 3.43. The molecule has 1 unspecified atom stereocenters. The van der Waals surface area contributed by atoms with E-state index in [2.05, 4.69) is 30.2 Å². The van der Waals surface area contributed by atoms with E-state index in [1.165, 1.54) is 36.7 Å². The molecule has 1 atom stereocenters. The van der Waals surface area contributed by atoms with E-state index in [-0.39, 0.29) is 29.2 Å². The summed E-state index contributed by atoms with van der Waals surface area (Å²) in [6, 6.07) is 5.19. The number of anilines is 1. The minimum atomic E-state index is -4.77. The summed E-state index contributed by atoms with van der Waals surface area (Å²) in [7, 11) is 1.93. The molecule has 0 aliphatic heterocycles. The Hall–Kier alpha value is -3.00. The van der Waals surface area contributed by atoms with Gasteiger partial charge in [0.15, 0.2) is 0 Å². The van der Waals surface area contributed by atoms with Gasteiger partial charge in [0.2, 0.25) is 5.95 Å². The Bertz CT molecular complexity index is 1080. The van der Waals surface area contributed by atoms with Crippen molar-refractivity contribution < 1.29 is 31.1 Å². The van der Waals surface area contributed by atoms with Crippen molar-refractivity contribution in [2.45, 2.75) is 36.9 Å². The van der Waals surface area contributed by atoms with E-state index in [4.69, 9.17) is 4.42 Å². The number of hydrogen-bond acceptors (Lipinski definition) is 9. The van der Waals surface area contributed by atoms with Crippen LogP contribution < -0.4 is 10.1 Å². The third kappa shape index (κ3) is 6.76. The summed E-state index contributed by atoms with van der Waals surface area (Å²) in [6.07, 6.45) is -2.68. The fourth-order valence-corrected chi connectivity index (χ4v) is 4.06. The maximum Gasteiger partial charge on any atom is 0.573 e. The Morgan fingerprint density at radius 2 is 1.82 bits per heavy atom. The van der Waals surface area contributed by atoms with Crippen LogP contribution in [-0.4, -0.2) is 49.7 Å². The lowest BCUT2D eigenvalue weighted by molar-refractivity contribution is -0.274. The first-order chi connectivity index (χ1) is 16.2. The van der Waals surface area contributed by atoms with Gasteiger partial charge in [0.25, 0.3) is 11.8 Å². The summed E-state index contributed by atoms with van der Waals surface area (Å²) in [5.74, 6) is -1.03. The SMILES string of the molecule is CN(CC(Nc1ncc(-c2nnc(C(F)F)o2)cn1)c1ccc(OC(F)(F)F)cc1)SC1CC1. The molecule has 34 heavy (non-hydrogen) atoms. The molecule has 2 aromatic heterocycles. The Morgan fingerprint density at radius 1 is 1.15 bits per heavy atom. The summed E-state index contributed by atoms with van der Waals surface area (Å²) in [5.41, 5.74) is 0.959. The normalized spacial score (nSPS) is 15.1. The Balaban J connectivity index is 1.49. The predicted octanol–water partition coefficient (Wildman–Crippen LogP) is 5.26. The van der Waals surface area contributed by atoms with Gasteiger partial charge in [-0.3, -0.25) is 4.31 Å². The summed E-state index contributed by atoms with van der Waals surface area (Å²) < 4.78 is 73.6. The standard InChI is InChI=1S/C20H19F5N6O2S/c1-31(34-14-6-7-14)10-15(11-2-4-13(5-3-11)33-20(23,24)25)28-19-26-8-12(9-27-19)17-29-30-18(32-17)16(21)22/h2-5,8-9,14-16H,6-7,10H2,1H3,(H,26,27,28). The number of rotatable bonds is 10. The molecule has 2 heterocycles. The molecule has 0 radical (unpaired) electrons. The number of aromatic nitrogens is 4. The van der Waals surface area contributed by atoms with E-state index < -0.39 is 18.7 Å². The van der Waals surface area contributed by atoms with Gasteiger partial charge in [-0.1, -0.05) is 24.1 Å². The number of ether oxygens (including phenoxy) is 1. The molecule has 0 amide bonds. The maximum atomic E-state index is 12.7. The number of hydrogen-bond donors (Lipinski definition) is 1. The highest BCUT2D eigenvalue weighted by Gasteiger charge is 2.31. The predicted molar refractivity (Wildman–Crippen MR) is 113 cm³/mol. The molecule has 4 rings (SSSR count). The van der Waals surface area contributed by atoms with E-state index in [1.807, 2.05) is 11.4 Å². The molecule has 1 aliphatic rings. The number of nitrogens with zero attached hydrogens (tertiary/aromatic N) is 5. The van der Waals surface area contributed by atoms with Crippen molar-refractivity contribution in [1.82, 2.24) is 24.5 Å². The molecule has 8 nitrogen and oxygen atoms in total. The highest BCUT2D eigenvalue weighted by atomic mass is 32.2. The molecule has 14 heteroatoms. The number of benzene rings is 1. The van der Waals surface area contributed by atoms with Gasteiger partial charge < -0.3 is 14.5 Å². The van der Waals surface area contributed by atoms with Gasteiger partial charge in [-0.15, -0.1) is 23.4 Å². The van der Waals surface area contributed by atoms with Crippen molar-refractivity contribution in [1.29, 1.82) is 0 Å². The van der Waals surface area contributed by atoms with E-state index >= 15 is 0 Å². The zero-order valence-electron chi connectivity index (χ0n) is 17.7. The Kier molecular flexibility index (Phi) is 7.16. The van der Waals surface area contributed by atoms with E-state index in [0.29, 0.717) is 17.4 Å². The highest BCUT2D eigenvalue weighted by molar-refractivity contribution is 7.97. The molecular weight excluding hydrogens is 483 g/mol. The first-order valence-corrected chi connectivity index (χ1v) is 10.9. The third-order valence-corrected chi connectivity index (χ3v) is 5.92. The summed E-state index contributed by atoms with van der Waals surface area (Å²) in [5, 5.41) is 10.5. The van der Waals surface area contributed by atoms with Crippen LogP contribution in [-0.2, 0) is 0 Å². The maximum absolute atomic E-state index is 12.7. The average molecular weight is 502 g/mol. The molecule has 0 saturated heterocycles. The first kappa shape index (κ1) is 24.1. The van der Waals surface area contributed by atoms with Crippen LogP contribution >= 0.6 is 11.9 Å². The van der Waals surface area contributed by atoms with Crippen molar-refractivity contribution in [3.8, 4) is 17.2 Å². The second-order valence-corrected chi connectivity index (χ2v) is 8.97. The van der Waals surface area contributed by atoms with Crippen molar-refractivity contribution >= 4 is 17.9 Å². The molecule has 0 spiro atoms. The zero-order valence-corrected chi connectivity index (χ0v) is 18.5. The molecule has 1 saturated carbocycles. The van der Waals surface area contributed by atoms with Gasteiger partial charge in [-0.05, 0) is 37.6 Å². The lowest BCUT2D eigenvalue weighted by atomic mass is 10.1. The van der Waals surface area contributed by atoms with Gasteiger partial charge in [0.1, 0.15) is 5.75 Å². The molecule has 182 valence electrons. The lowest BCUT2D eigenvalue weighted by Gasteiger charge is -2.25. The number of alkyl halides is 5. The van der Waals surface area contributed by atoms with Crippen LogP contribution in [0.1, 0.15) is 36.8 Å². The van der Waals surface area contributed by atoms with Crippen LogP contribution in [0.4, 0.5) is 27.9 Å². The minimum Gasteiger partial charge on any atom is -0.415 e. The topological polar surface area (TPSA) is 89.2 Å². The van der Waals surface area contributed by atoms with Crippen molar-refractivity contribution in [3.63, 3.8) is 0 Å². The van der Waals surface area contributed by atoms with Gasteiger partial charge in [-0.2, -0.15) is 8.78 Å². The molecule has 0 bridgehead atoms. The summed E-state index contributed by atoms with van der Waals surface area (Å²) in [6.45, 7) is 0.507. The Labute approximate surface area is 195 Å². The monoisotopic (exact) mass is 502 g/mol. The van der Waals surface area contributed by atoms with Crippen LogP contribution in [0, 0.1) is 0 Å². The second-order valence-electron chi connectivity index (χ2n) is 7.47. The molecular formula is C20H19F5N6O2S. The number of halogens is 5. The van der Waals surface area contributed by atoms with Crippen LogP contribution in [0.5, 0.6) is 5.75 Å². The van der Waals surface area contributed by atoms with Crippen LogP contribution in [0.15, 0.2) is 41.1 Å². The van der Waals surface area contributed by atoms with E-state index in [1.54, 1.807) is 11.9 Å². The molecule has 1 aromatic carbocycles. The van der Waals surface area contributed by atoms with E-state index in [9.17, 15) is 22.0 Å². The van der Waals surface area contributed by atoms with Gasteiger partial charge in [0.05, 0.1) is 11.6 Å². The van der Waals surface area contributed by atoms with Crippen molar-refractivity contribution in [3.05, 3.63) is 48.1 Å². The molecule has 1 aliphatic carbocycles. The molecule has 3 aromatic rings. The number of nitrogens with one attached hydrogen (secondary N) is 1. The Morgan fingerprint density at radius 3 is 2.38 bits per heavy atom. The van der Waals surface area contributed by atoms with Crippen molar-refractivity contribution in [2.75, 3.05) is 18.9 Å². The summed E-state index contributed by atoms with van der Waals surface area (Å²) in [4.78, 5) is 8.37. The van der Waals surface area contributed by atoms with Gasteiger partial charge in [0, 0.05) is 24.2 Å². The zero-order chi connectivity index (χ0) is 24.3. The van der Waals surface area contributed by atoms with Crippen molar-refractivity contribution in [2.24, 2.45) is 0 Å².